The molecule has 2 rings (SSSR count). The molecular formula is C18H28ClN4P. The fraction of sp³-hybridized carbons (Fsp3) is 0.333. The zero-order valence-electron chi connectivity index (χ0n) is 15.4. The van der Waals surface area contributed by atoms with E-state index in [0.717, 1.165) is 10.6 Å². The van der Waals surface area contributed by atoms with Gasteiger partial charge in [-0.3, -0.25) is 0 Å². The first-order chi connectivity index (χ1) is 11.2. The Labute approximate surface area is 151 Å². The van der Waals surface area contributed by atoms with Crippen LogP contribution in [-0.2, 0) is 0 Å². The molecule has 132 valence electrons. The third kappa shape index (κ3) is 2.78. The van der Waals surface area contributed by atoms with Crippen LogP contribution in [0.3, 0.4) is 0 Å². The van der Waals surface area contributed by atoms with Gasteiger partial charge in [0.2, 0.25) is 0 Å². The SMILES string of the molecule is CN(C)N(C)P(Cl)(c1ccccc1)(c1ccccc1)N(C)N(C)C. The van der Waals surface area contributed by atoms with E-state index >= 15 is 0 Å². The molecule has 0 aliphatic heterocycles. The van der Waals surface area contributed by atoms with E-state index in [1.54, 1.807) is 0 Å². The summed E-state index contributed by atoms with van der Waals surface area (Å²) >= 11 is 7.84. The van der Waals surface area contributed by atoms with Crippen LogP contribution in [-0.4, -0.2) is 61.9 Å². The molecule has 0 aromatic heterocycles. The third-order valence-electron chi connectivity index (χ3n) is 4.64. The van der Waals surface area contributed by atoms with Crippen LogP contribution in [0.2, 0.25) is 0 Å². The molecule has 2 aromatic carbocycles. The van der Waals surface area contributed by atoms with Crippen LogP contribution >= 0.6 is 17.5 Å². The van der Waals surface area contributed by atoms with Gasteiger partial charge in [0.15, 0.2) is 0 Å². The molecule has 2 aromatic rings. The minimum atomic E-state index is -3.40. The van der Waals surface area contributed by atoms with E-state index in [2.05, 4.69) is 82.2 Å². The van der Waals surface area contributed by atoms with Gasteiger partial charge in [0.25, 0.3) is 0 Å². The van der Waals surface area contributed by atoms with Gasteiger partial charge in [0.05, 0.1) is 0 Å². The molecule has 0 spiro atoms. The van der Waals surface area contributed by atoms with Gasteiger partial charge in [-0.15, -0.1) is 0 Å². The van der Waals surface area contributed by atoms with Crippen molar-refractivity contribution in [2.75, 3.05) is 42.3 Å². The van der Waals surface area contributed by atoms with Crippen LogP contribution in [0.15, 0.2) is 60.7 Å². The van der Waals surface area contributed by atoms with Crippen LogP contribution in [0.4, 0.5) is 0 Å². The normalized spacial score (nSPS) is 14.4. The Morgan fingerprint density at radius 1 is 0.583 bits per heavy atom. The molecule has 0 N–H and O–H groups in total. The van der Waals surface area contributed by atoms with E-state index in [9.17, 15) is 0 Å². The monoisotopic (exact) mass is 366 g/mol. The van der Waals surface area contributed by atoms with E-state index in [1.165, 1.54) is 0 Å². The Kier molecular flexibility index (Phi) is 5.71. The first-order valence-corrected chi connectivity index (χ1v) is 11.0. The fourth-order valence-electron chi connectivity index (χ4n) is 3.04. The molecule has 0 heterocycles. The molecule has 0 bridgehead atoms. The zero-order chi connectivity index (χ0) is 18.0. The summed E-state index contributed by atoms with van der Waals surface area (Å²) in [7, 11) is 12.2. The van der Waals surface area contributed by atoms with Gasteiger partial charge in [0.1, 0.15) is 0 Å². The van der Waals surface area contributed by atoms with Crippen molar-refractivity contribution >= 4 is 28.1 Å². The average Bonchev–Trinajstić information content (AvgIpc) is 2.61. The second kappa shape index (κ2) is 7.09. The molecule has 0 aliphatic carbocycles. The van der Waals surface area contributed by atoms with Crippen molar-refractivity contribution in [3.05, 3.63) is 60.7 Å². The molecule has 4 nitrogen and oxygen atoms in total. The Balaban J connectivity index is 2.95. The van der Waals surface area contributed by atoms with Gasteiger partial charge < -0.3 is 0 Å². The van der Waals surface area contributed by atoms with Crippen LogP contribution in [0, 0.1) is 0 Å². The van der Waals surface area contributed by atoms with E-state index in [-0.39, 0.29) is 0 Å². The third-order valence-corrected chi connectivity index (χ3v) is 12.4. The van der Waals surface area contributed by atoms with Gasteiger partial charge >= 0.3 is 151 Å². The van der Waals surface area contributed by atoms with Gasteiger partial charge in [-0.25, -0.2) is 0 Å². The predicted octanol–water partition coefficient (Wildman–Crippen LogP) is 2.99. The number of rotatable bonds is 6. The molecule has 0 saturated heterocycles. The maximum atomic E-state index is 7.84. The molecule has 0 saturated carbocycles. The molecule has 0 unspecified atom stereocenters. The number of hydrogen-bond donors (Lipinski definition) is 0. The number of benzene rings is 2. The van der Waals surface area contributed by atoms with Gasteiger partial charge in [0, 0.05) is 0 Å². The number of halogens is 1. The van der Waals surface area contributed by atoms with Gasteiger partial charge in [-0.05, 0) is 0 Å². The van der Waals surface area contributed by atoms with E-state index in [4.69, 9.17) is 11.2 Å². The Morgan fingerprint density at radius 3 is 1.12 bits per heavy atom. The summed E-state index contributed by atoms with van der Waals surface area (Å²) in [6.07, 6.45) is -3.40. The number of hydrogen-bond acceptors (Lipinski definition) is 4. The summed E-state index contributed by atoms with van der Waals surface area (Å²) in [6, 6.07) is 20.7. The van der Waals surface area contributed by atoms with Crippen molar-refractivity contribution in [1.29, 1.82) is 0 Å². The quantitative estimate of drug-likeness (QED) is 0.575. The van der Waals surface area contributed by atoms with Crippen LogP contribution < -0.4 is 10.6 Å². The molecule has 0 fully saturated rings. The van der Waals surface area contributed by atoms with E-state index in [1.807, 2.05) is 40.3 Å². The van der Waals surface area contributed by atoms with Crippen molar-refractivity contribution in [3.63, 3.8) is 0 Å². The maximum absolute atomic E-state index is 7.84. The molecule has 6 heteroatoms. The Hall–Kier alpha value is -1.00. The summed E-state index contributed by atoms with van der Waals surface area (Å²) in [5, 5.41) is 6.32. The summed E-state index contributed by atoms with van der Waals surface area (Å²) in [5.74, 6) is 0. The Morgan fingerprint density at radius 2 is 0.875 bits per heavy atom. The van der Waals surface area contributed by atoms with Crippen LogP contribution in [0.25, 0.3) is 0 Å². The molecule has 0 aliphatic rings. The molecule has 0 amide bonds. The second-order valence-electron chi connectivity index (χ2n) is 6.27. The predicted molar refractivity (Wildman–Crippen MR) is 108 cm³/mol. The fourth-order valence-corrected chi connectivity index (χ4v) is 9.25. The standard InChI is InChI=1S/C18H28ClN4P/c1-20(2)22(5)24(19,23(6)21(3)4,17-13-9-7-10-14-17)18-15-11-8-12-16-18/h7-16H,1-6H3. The van der Waals surface area contributed by atoms with Crippen molar-refractivity contribution in [1.82, 2.24) is 19.6 Å². The number of hydrazine groups is 2. The van der Waals surface area contributed by atoms with E-state index in [0.29, 0.717) is 0 Å². The average molecular weight is 367 g/mol. The summed E-state index contributed by atoms with van der Waals surface area (Å²) in [5.41, 5.74) is 0. The van der Waals surface area contributed by atoms with Crippen LogP contribution in [0.1, 0.15) is 0 Å². The van der Waals surface area contributed by atoms with Crippen molar-refractivity contribution < 1.29 is 0 Å². The summed E-state index contributed by atoms with van der Waals surface area (Å²) < 4.78 is 4.36. The van der Waals surface area contributed by atoms with Crippen LogP contribution in [0.5, 0.6) is 0 Å². The topological polar surface area (TPSA) is 13.0 Å². The summed E-state index contributed by atoms with van der Waals surface area (Å²) in [6.45, 7) is 0. The van der Waals surface area contributed by atoms with Crippen molar-refractivity contribution in [3.8, 4) is 0 Å². The Bertz CT molecular complexity index is 606. The minimum absolute atomic E-state index is 1.10. The first-order valence-electron chi connectivity index (χ1n) is 7.92. The van der Waals surface area contributed by atoms with E-state index < -0.39 is 6.26 Å². The van der Waals surface area contributed by atoms with Gasteiger partial charge in [-0.2, -0.15) is 0 Å². The number of nitrogens with zero attached hydrogens (tertiary/aromatic N) is 4. The molecule has 0 atom stereocenters. The molecular weight excluding hydrogens is 339 g/mol. The van der Waals surface area contributed by atoms with Gasteiger partial charge in [-0.1, -0.05) is 0 Å². The molecule has 0 radical (unpaired) electrons. The second-order valence-corrected chi connectivity index (χ2v) is 12.2. The van der Waals surface area contributed by atoms with Crippen molar-refractivity contribution in [2.24, 2.45) is 0 Å². The van der Waals surface area contributed by atoms with Crippen molar-refractivity contribution in [2.45, 2.75) is 0 Å². The summed E-state index contributed by atoms with van der Waals surface area (Å²) in [4.78, 5) is 0. The first kappa shape index (κ1) is 19.3. The molecule has 24 heavy (non-hydrogen) atoms. The zero-order valence-corrected chi connectivity index (χ0v) is 17.0.